The molecule has 148 valence electrons. The fourth-order valence-electron chi connectivity index (χ4n) is 5.07. The van der Waals surface area contributed by atoms with Gasteiger partial charge >= 0.3 is 0 Å². The summed E-state index contributed by atoms with van der Waals surface area (Å²) in [5.74, 6) is 0.00688. The number of aliphatic hydroxyl groups is 1. The predicted molar refractivity (Wildman–Crippen MR) is 111 cm³/mol. The number of fused-ring (bicyclic) bond motifs is 2. The maximum atomic E-state index is 13.6. The van der Waals surface area contributed by atoms with Crippen LogP contribution in [0.3, 0.4) is 0 Å². The van der Waals surface area contributed by atoms with Crippen LogP contribution in [0.25, 0.3) is 0 Å². The molecule has 0 heterocycles. The zero-order valence-electron chi connectivity index (χ0n) is 17.6. The third-order valence-electron chi connectivity index (χ3n) is 7.59. The van der Waals surface area contributed by atoms with Gasteiger partial charge in [-0.3, -0.25) is 4.79 Å². The third-order valence-corrected chi connectivity index (χ3v) is 12.1. The molecule has 2 rings (SSSR count). The SMILES string of the molecule is C=CC[C@]1(CO)C(=O)[C@@H]2C[C@](C)(CC[C@H]2O[Si](C)(C)C(C)(C)C)[C@H]1C=C. The van der Waals surface area contributed by atoms with Crippen LogP contribution in [0.2, 0.25) is 18.1 Å². The molecule has 0 aromatic rings. The molecule has 2 fully saturated rings. The summed E-state index contributed by atoms with van der Waals surface area (Å²) in [6, 6.07) is 0. The smallest absolute Gasteiger partial charge is 0.192 e. The minimum Gasteiger partial charge on any atom is -0.413 e. The van der Waals surface area contributed by atoms with E-state index in [1.807, 2.05) is 6.08 Å². The highest BCUT2D eigenvalue weighted by atomic mass is 28.4. The van der Waals surface area contributed by atoms with E-state index in [1.165, 1.54) is 0 Å². The van der Waals surface area contributed by atoms with Crippen molar-refractivity contribution in [1.82, 2.24) is 0 Å². The Hall–Kier alpha value is -0.713. The van der Waals surface area contributed by atoms with Crippen LogP contribution in [0, 0.1) is 22.7 Å². The summed E-state index contributed by atoms with van der Waals surface area (Å²) in [6.07, 6.45) is 6.91. The highest BCUT2D eigenvalue weighted by molar-refractivity contribution is 6.74. The molecule has 0 aromatic carbocycles. The third kappa shape index (κ3) is 3.29. The number of hydrogen-bond donors (Lipinski definition) is 1. The van der Waals surface area contributed by atoms with E-state index in [4.69, 9.17) is 4.43 Å². The van der Waals surface area contributed by atoms with Crippen molar-refractivity contribution in [2.24, 2.45) is 22.7 Å². The van der Waals surface area contributed by atoms with Gasteiger partial charge in [0, 0.05) is 5.92 Å². The van der Waals surface area contributed by atoms with E-state index in [1.54, 1.807) is 6.08 Å². The highest BCUT2D eigenvalue weighted by Crippen LogP contribution is 2.60. The maximum absolute atomic E-state index is 13.6. The van der Waals surface area contributed by atoms with Crippen molar-refractivity contribution in [3.63, 3.8) is 0 Å². The molecule has 3 nitrogen and oxygen atoms in total. The Balaban J connectivity index is 2.42. The largest absolute Gasteiger partial charge is 0.413 e. The molecule has 0 radical (unpaired) electrons. The molecule has 0 saturated heterocycles. The number of carbonyl (C=O) groups is 1. The van der Waals surface area contributed by atoms with Crippen LogP contribution in [0.15, 0.2) is 25.3 Å². The first kappa shape index (κ1) is 21.6. The molecule has 0 unspecified atom stereocenters. The standard InChI is InChI=1S/C22H38O3Si/c1-9-12-22(15-23)18(10-2)21(6)13-11-17(16(14-21)19(22)24)25-26(7,8)20(3,4)5/h9-10,16-18,23H,1-2,11-15H2,3-8H3/t16-,17-,18-,21+,22-/m1/s1. The Bertz CT molecular complexity index is 576. The molecular weight excluding hydrogens is 340 g/mol. The Morgan fingerprint density at radius 2 is 1.96 bits per heavy atom. The molecule has 4 heteroatoms. The quantitative estimate of drug-likeness (QED) is 0.515. The fraction of sp³-hybridized carbons (Fsp3) is 0.773. The second-order valence-corrected chi connectivity index (χ2v) is 15.1. The number of hydrogen-bond acceptors (Lipinski definition) is 3. The van der Waals surface area contributed by atoms with Crippen LogP contribution >= 0.6 is 0 Å². The van der Waals surface area contributed by atoms with E-state index in [2.05, 4.69) is 53.9 Å². The summed E-state index contributed by atoms with van der Waals surface area (Å²) in [7, 11) is -1.96. The van der Waals surface area contributed by atoms with Gasteiger partial charge in [0.2, 0.25) is 0 Å². The number of ketones is 1. The number of Topliss-reactive ketones (excluding diaryl/α,β-unsaturated/α-hetero) is 1. The first-order valence-electron chi connectivity index (χ1n) is 9.95. The molecule has 2 aliphatic rings. The summed E-state index contributed by atoms with van der Waals surface area (Å²) in [5.41, 5.74) is -0.810. The van der Waals surface area contributed by atoms with Crippen molar-refractivity contribution < 1.29 is 14.3 Å². The van der Waals surface area contributed by atoms with Crippen molar-refractivity contribution in [2.75, 3.05) is 6.61 Å². The van der Waals surface area contributed by atoms with Gasteiger partial charge in [-0.05, 0) is 55.1 Å². The minimum atomic E-state index is -1.96. The Morgan fingerprint density at radius 1 is 1.35 bits per heavy atom. The predicted octanol–water partition coefficient (Wildman–Crippen LogP) is 5.12. The van der Waals surface area contributed by atoms with E-state index in [-0.39, 0.29) is 40.8 Å². The highest BCUT2D eigenvalue weighted by Gasteiger charge is 2.61. The van der Waals surface area contributed by atoms with Crippen LogP contribution in [0.4, 0.5) is 0 Å². The molecule has 2 aliphatic carbocycles. The van der Waals surface area contributed by atoms with E-state index < -0.39 is 13.7 Å². The van der Waals surface area contributed by atoms with Crippen molar-refractivity contribution in [2.45, 2.75) is 77.6 Å². The lowest BCUT2D eigenvalue weighted by atomic mass is 9.47. The van der Waals surface area contributed by atoms with Gasteiger partial charge in [-0.15, -0.1) is 13.2 Å². The van der Waals surface area contributed by atoms with Crippen LogP contribution in [0.1, 0.15) is 53.4 Å². The Kier molecular flexibility index (Phi) is 5.84. The normalized spacial score (nSPS) is 38.1. The zero-order valence-corrected chi connectivity index (χ0v) is 18.6. The first-order chi connectivity index (χ1) is 11.9. The molecule has 5 atom stereocenters. The summed E-state index contributed by atoms with van der Waals surface area (Å²) in [4.78, 5) is 13.6. The molecule has 0 aliphatic heterocycles. The van der Waals surface area contributed by atoms with Gasteiger partial charge in [-0.2, -0.15) is 0 Å². The van der Waals surface area contributed by atoms with Crippen LogP contribution in [-0.2, 0) is 9.22 Å². The van der Waals surface area contributed by atoms with Gasteiger partial charge in [0.05, 0.1) is 18.1 Å². The number of allylic oxidation sites excluding steroid dienone is 2. The van der Waals surface area contributed by atoms with E-state index >= 15 is 0 Å². The van der Waals surface area contributed by atoms with Gasteiger partial charge in [0.15, 0.2) is 8.32 Å². The molecule has 0 aromatic heterocycles. The van der Waals surface area contributed by atoms with Crippen molar-refractivity contribution in [3.05, 3.63) is 25.3 Å². The van der Waals surface area contributed by atoms with Gasteiger partial charge in [0.25, 0.3) is 0 Å². The van der Waals surface area contributed by atoms with Gasteiger partial charge < -0.3 is 9.53 Å². The zero-order chi connectivity index (χ0) is 20.0. The minimum absolute atomic E-state index is 0.0145. The molecular formula is C22H38O3Si. The van der Waals surface area contributed by atoms with Gasteiger partial charge in [-0.1, -0.05) is 39.8 Å². The monoisotopic (exact) mass is 378 g/mol. The summed E-state index contributed by atoms with van der Waals surface area (Å²) in [6.45, 7) is 21.2. The molecule has 0 spiro atoms. The number of carbonyl (C=O) groups excluding carboxylic acids is 1. The fourth-order valence-corrected chi connectivity index (χ4v) is 6.47. The molecule has 1 N–H and O–H groups in total. The second kappa shape index (κ2) is 7.03. The first-order valence-corrected chi connectivity index (χ1v) is 12.9. The lowest BCUT2D eigenvalue weighted by Gasteiger charge is -2.58. The van der Waals surface area contributed by atoms with Crippen molar-refractivity contribution in [3.8, 4) is 0 Å². The van der Waals surface area contributed by atoms with Gasteiger partial charge in [0.1, 0.15) is 5.78 Å². The van der Waals surface area contributed by atoms with E-state index in [0.29, 0.717) is 6.42 Å². The van der Waals surface area contributed by atoms with Crippen LogP contribution in [0.5, 0.6) is 0 Å². The number of rotatable bonds is 6. The van der Waals surface area contributed by atoms with Crippen molar-refractivity contribution in [1.29, 1.82) is 0 Å². The van der Waals surface area contributed by atoms with Gasteiger partial charge in [-0.25, -0.2) is 0 Å². The average Bonchev–Trinajstić information content (AvgIpc) is 2.53. The summed E-state index contributed by atoms with van der Waals surface area (Å²) >= 11 is 0. The van der Waals surface area contributed by atoms with Crippen molar-refractivity contribution >= 4 is 14.1 Å². The van der Waals surface area contributed by atoms with E-state index in [0.717, 1.165) is 19.3 Å². The molecule has 0 amide bonds. The second-order valence-electron chi connectivity index (χ2n) is 10.3. The summed E-state index contributed by atoms with van der Waals surface area (Å²) < 4.78 is 6.71. The number of aliphatic hydroxyl groups excluding tert-OH is 1. The van der Waals surface area contributed by atoms with Crippen LogP contribution in [-0.4, -0.2) is 31.9 Å². The molecule has 2 saturated carbocycles. The molecule has 26 heavy (non-hydrogen) atoms. The lowest BCUT2D eigenvalue weighted by Crippen LogP contribution is -2.61. The average molecular weight is 379 g/mol. The maximum Gasteiger partial charge on any atom is 0.192 e. The van der Waals surface area contributed by atoms with E-state index in [9.17, 15) is 9.90 Å². The topological polar surface area (TPSA) is 46.5 Å². The Morgan fingerprint density at radius 3 is 2.42 bits per heavy atom. The Labute approximate surface area is 161 Å². The molecule has 2 bridgehead atoms. The van der Waals surface area contributed by atoms with Crippen LogP contribution < -0.4 is 0 Å². The summed E-state index contributed by atoms with van der Waals surface area (Å²) in [5, 5.41) is 10.4. The lowest BCUT2D eigenvalue weighted by molar-refractivity contribution is -0.164.